The Labute approximate surface area is 154 Å². The predicted octanol–water partition coefficient (Wildman–Crippen LogP) is 3.85. The van der Waals surface area contributed by atoms with Crippen LogP contribution in [0.2, 0.25) is 5.02 Å². The molecule has 4 nitrogen and oxygen atoms in total. The van der Waals surface area contributed by atoms with Crippen molar-refractivity contribution in [3.05, 3.63) is 63.9 Å². The van der Waals surface area contributed by atoms with Gasteiger partial charge in [-0.3, -0.25) is 4.79 Å². The van der Waals surface area contributed by atoms with E-state index >= 15 is 0 Å². The molecule has 3 rings (SSSR count). The molecule has 1 amide bonds. The van der Waals surface area contributed by atoms with Crippen LogP contribution in [-0.4, -0.2) is 35.4 Å². The third-order valence-corrected chi connectivity index (χ3v) is 4.72. The van der Waals surface area contributed by atoms with Crippen molar-refractivity contribution in [1.82, 2.24) is 15.2 Å². The highest BCUT2D eigenvalue weighted by atomic mass is 35.5. The number of halogens is 4. The maximum atomic E-state index is 13.0. The van der Waals surface area contributed by atoms with E-state index in [1.54, 1.807) is 17.0 Å². The Morgan fingerprint density at radius 2 is 2.00 bits per heavy atom. The summed E-state index contributed by atoms with van der Waals surface area (Å²) < 4.78 is 38.4. The standard InChI is InChI=1S/C18H17ClF3N3O/c1-11-12(6-7-16(24-11)18(20,21)22)17(26)25-9-8-23-10-15(25)13-4-2-3-5-14(13)19/h2-7,15,23H,8-10H2,1H3. The van der Waals surface area contributed by atoms with E-state index in [1.807, 2.05) is 12.1 Å². The quantitative estimate of drug-likeness (QED) is 0.856. The number of alkyl halides is 3. The normalized spacial score (nSPS) is 18.0. The number of nitrogens with zero attached hydrogens (tertiary/aromatic N) is 2. The number of aryl methyl sites for hydroxylation is 1. The molecule has 0 radical (unpaired) electrons. The number of hydrogen-bond acceptors (Lipinski definition) is 3. The first-order valence-corrected chi connectivity index (χ1v) is 8.48. The Morgan fingerprint density at radius 1 is 1.27 bits per heavy atom. The molecule has 1 unspecified atom stereocenters. The monoisotopic (exact) mass is 383 g/mol. The third-order valence-electron chi connectivity index (χ3n) is 4.38. The minimum Gasteiger partial charge on any atom is -0.329 e. The van der Waals surface area contributed by atoms with Crippen molar-refractivity contribution in [2.45, 2.75) is 19.1 Å². The highest BCUT2D eigenvalue weighted by Gasteiger charge is 2.34. The van der Waals surface area contributed by atoms with Crippen molar-refractivity contribution in [2.75, 3.05) is 19.6 Å². The van der Waals surface area contributed by atoms with Crippen molar-refractivity contribution in [3.8, 4) is 0 Å². The van der Waals surface area contributed by atoms with Crippen LogP contribution in [0.25, 0.3) is 0 Å². The summed E-state index contributed by atoms with van der Waals surface area (Å²) in [4.78, 5) is 18.2. The Balaban J connectivity index is 1.94. The van der Waals surface area contributed by atoms with Gasteiger partial charge in [0.1, 0.15) is 5.69 Å². The molecule has 0 saturated carbocycles. The van der Waals surface area contributed by atoms with Crippen LogP contribution in [0.5, 0.6) is 0 Å². The van der Waals surface area contributed by atoms with Gasteiger partial charge in [-0.1, -0.05) is 29.8 Å². The SMILES string of the molecule is Cc1nc(C(F)(F)F)ccc1C(=O)N1CCNCC1c1ccccc1Cl. The summed E-state index contributed by atoms with van der Waals surface area (Å²) in [7, 11) is 0. The first kappa shape index (κ1) is 18.7. The fraction of sp³-hybridized carbons (Fsp3) is 0.333. The topological polar surface area (TPSA) is 45.2 Å². The largest absolute Gasteiger partial charge is 0.433 e. The molecule has 1 saturated heterocycles. The van der Waals surface area contributed by atoms with Gasteiger partial charge in [0.25, 0.3) is 5.91 Å². The van der Waals surface area contributed by atoms with Crippen molar-refractivity contribution in [3.63, 3.8) is 0 Å². The maximum absolute atomic E-state index is 13.0. The number of pyridine rings is 1. The first-order valence-electron chi connectivity index (χ1n) is 8.10. The number of piperazine rings is 1. The lowest BCUT2D eigenvalue weighted by atomic mass is 10.0. The second-order valence-corrected chi connectivity index (χ2v) is 6.47. The minimum absolute atomic E-state index is 0.0567. The molecule has 138 valence electrons. The molecule has 1 aliphatic heterocycles. The van der Waals surface area contributed by atoms with Gasteiger partial charge in [0.15, 0.2) is 0 Å². The van der Waals surface area contributed by atoms with Crippen LogP contribution in [0.3, 0.4) is 0 Å². The van der Waals surface area contributed by atoms with Gasteiger partial charge in [-0.05, 0) is 30.7 Å². The number of aromatic nitrogens is 1. The number of carbonyl (C=O) groups excluding carboxylic acids is 1. The van der Waals surface area contributed by atoms with Gasteiger partial charge in [-0.15, -0.1) is 0 Å². The van der Waals surface area contributed by atoms with Gasteiger partial charge in [0, 0.05) is 24.7 Å². The Morgan fingerprint density at radius 3 is 2.65 bits per heavy atom. The zero-order valence-electron chi connectivity index (χ0n) is 14.0. The summed E-state index contributed by atoms with van der Waals surface area (Å²) in [6.07, 6.45) is -4.54. The molecule has 26 heavy (non-hydrogen) atoms. The van der Waals surface area contributed by atoms with Crippen LogP contribution in [0.1, 0.15) is 33.4 Å². The summed E-state index contributed by atoms with van der Waals surface area (Å²) in [5, 5.41) is 3.77. The molecule has 1 atom stereocenters. The lowest BCUT2D eigenvalue weighted by Gasteiger charge is -2.37. The first-order chi connectivity index (χ1) is 12.3. The van der Waals surface area contributed by atoms with Gasteiger partial charge >= 0.3 is 6.18 Å². The van der Waals surface area contributed by atoms with Crippen LogP contribution in [0, 0.1) is 6.92 Å². The molecule has 0 bridgehead atoms. The van der Waals surface area contributed by atoms with Gasteiger partial charge < -0.3 is 10.2 Å². The molecule has 1 aromatic heterocycles. The van der Waals surface area contributed by atoms with Crippen LogP contribution < -0.4 is 5.32 Å². The van der Waals surface area contributed by atoms with Crippen LogP contribution in [-0.2, 0) is 6.18 Å². The average Bonchev–Trinajstić information content (AvgIpc) is 2.61. The van der Waals surface area contributed by atoms with Crippen molar-refractivity contribution < 1.29 is 18.0 Å². The third kappa shape index (κ3) is 3.68. The fourth-order valence-electron chi connectivity index (χ4n) is 3.07. The molecule has 1 aromatic carbocycles. The summed E-state index contributed by atoms with van der Waals surface area (Å²) >= 11 is 6.27. The number of rotatable bonds is 2. The molecule has 1 aliphatic rings. The predicted molar refractivity (Wildman–Crippen MR) is 92.1 cm³/mol. The average molecular weight is 384 g/mol. The van der Waals surface area contributed by atoms with Gasteiger partial charge in [0.2, 0.25) is 0 Å². The molecular weight excluding hydrogens is 367 g/mol. The maximum Gasteiger partial charge on any atom is 0.433 e. The second kappa shape index (κ2) is 7.25. The number of carbonyl (C=O) groups is 1. The lowest BCUT2D eigenvalue weighted by Crippen LogP contribution is -2.49. The molecular formula is C18H17ClF3N3O. The number of amides is 1. The number of hydrogen-bond donors (Lipinski definition) is 1. The van der Waals surface area contributed by atoms with Gasteiger partial charge in [-0.25, -0.2) is 4.98 Å². The van der Waals surface area contributed by atoms with E-state index in [2.05, 4.69) is 10.3 Å². The molecule has 0 spiro atoms. The minimum atomic E-state index is -4.54. The summed E-state index contributed by atoms with van der Waals surface area (Å²) in [5.41, 5.74) is 0.0139. The Kier molecular flexibility index (Phi) is 5.20. The smallest absolute Gasteiger partial charge is 0.329 e. The van der Waals surface area contributed by atoms with Crippen molar-refractivity contribution in [1.29, 1.82) is 0 Å². The van der Waals surface area contributed by atoms with E-state index in [0.717, 1.165) is 11.6 Å². The second-order valence-electron chi connectivity index (χ2n) is 6.07. The summed E-state index contributed by atoms with van der Waals surface area (Å²) in [6.45, 7) is 2.95. The van der Waals surface area contributed by atoms with E-state index in [0.29, 0.717) is 24.7 Å². The highest BCUT2D eigenvalue weighted by Crippen LogP contribution is 2.31. The van der Waals surface area contributed by atoms with Crippen LogP contribution in [0.15, 0.2) is 36.4 Å². The fourth-order valence-corrected chi connectivity index (χ4v) is 3.33. The molecule has 2 aromatic rings. The lowest BCUT2D eigenvalue weighted by molar-refractivity contribution is -0.141. The van der Waals surface area contributed by atoms with Crippen LogP contribution >= 0.6 is 11.6 Å². The summed E-state index contributed by atoms with van der Waals surface area (Å²) in [6, 6.07) is 8.97. The van der Waals surface area contributed by atoms with E-state index < -0.39 is 11.9 Å². The van der Waals surface area contributed by atoms with E-state index in [9.17, 15) is 18.0 Å². The number of nitrogens with one attached hydrogen (secondary N) is 1. The van der Waals surface area contributed by atoms with E-state index in [-0.39, 0.29) is 23.2 Å². The van der Waals surface area contributed by atoms with Crippen LogP contribution in [0.4, 0.5) is 13.2 Å². The highest BCUT2D eigenvalue weighted by molar-refractivity contribution is 6.31. The molecule has 1 fully saturated rings. The van der Waals surface area contributed by atoms with E-state index in [4.69, 9.17) is 11.6 Å². The Hall–Kier alpha value is -2.12. The summed E-state index contributed by atoms with van der Waals surface area (Å²) in [5.74, 6) is -0.352. The zero-order valence-corrected chi connectivity index (χ0v) is 14.7. The number of benzene rings is 1. The Bertz CT molecular complexity index is 826. The molecule has 2 heterocycles. The van der Waals surface area contributed by atoms with Gasteiger partial charge in [0.05, 0.1) is 17.3 Å². The van der Waals surface area contributed by atoms with E-state index in [1.165, 1.54) is 13.0 Å². The zero-order chi connectivity index (χ0) is 18.9. The molecule has 0 aliphatic carbocycles. The molecule has 8 heteroatoms. The van der Waals surface area contributed by atoms with Gasteiger partial charge in [-0.2, -0.15) is 13.2 Å². The molecule has 1 N–H and O–H groups in total. The van der Waals surface area contributed by atoms with Crippen molar-refractivity contribution in [2.24, 2.45) is 0 Å². The van der Waals surface area contributed by atoms with Crippen molar-refractivity contribution >= 4 is 17.5 Å².